The number of unbranched alkanes of at least 4 members (excludes halogenated alkanes) is 69. The van der Waals surface area contributed by atoms with Crippen LogP contribution in [0.4, 0.5) is 0 Å². The van der Waals surface area contributed by atoms with E-state index in [1.807, 2.05) is 0 Å². The molecule has 0 heterocycles. The number of hydrogen-bond acceptors (Lipinski definition) is 1. The quantitative estimate of drug-likeness (QED) is 0.0455. The van der Waals surface area contributed by atoms with Gasteiger partial charge in [0.1, 0.15) is 0 Å². The summed E-state index contributed by atoms with van der Waals surface area (Å²) in [5, 5.41) is 0. The minimum Gasteiger partial charge on any atom is -0.179 e. The third-order valence-corrected chi connectivity index (χ3v) is 19.5. The van der Waals surface area contributed by atoms with Crippen LogP contribution in [0.3, 0.4) is 0 Å². The van der Waals surface area contributed by atoms with Gasteiger partial charge < -0.3 is 0 Å². The van der Waals surface area contributed by atoms with Crippen LogP contribution in [0.1, 0.15) is 619 Å². The van der Waals surface area contributed by atoms with E-state index < -0.39 is 0 Å². The predicted molar refractivity (Wildman–Crippen MR) is 470 cm³/mol. The Labute approximate surface area is 633 Å². The first kappa shape index (κ1) is 116. The van der Waals surface area contributed by atoms with Crippen molar-refractivity contribution in [3.8, 4) is 0 Å². The second kappa shape index (κ2) is 139. The van der Waals surface area contributed by atoms with Crippen LogP contribution < -0.4 is 0 Å². The van der Waals surface area contributed by atoms with E-state index in [-0.39, 0.29) is 0 Å². The van der Waals surface area contributed by atoms with Gasteiger partial charge in [-0.3, -0.25) is 0 Å². The molecule has 0 aliphatic carbocycles. The minimum atomic E-state index is 1.07. The Kier molecular flexibility index (Phi) is 166. The lowest BCUT2D eigenvalue weighted by Crippen LogP contribution is -1.83. The maximum Gasteiger partial charge on any atom is -0.00979 e. The van der Waals surface area contributed by atoms with Gasteiger partial charge in [-0.2, -0.15) is 12.6 Å². The van der Waals surface area contributed by atoms with Gasteiger partial charge >= 0.3 is 0 Å². The van der Waals surface area contributed by atoms with Crippen molar-refractivity contribution in [2.24, 2.45) is 0 Å². The third kappa shape index (κ3) is 173. The number of hydrogen-bond donors (Lipinski definition) is 1. The van der Waals surface area contributed by atoms with Crippen LogP contribution in [-0.4, -0.2) is 5.75 Å². The molecule has 0 saturated heterocycles. The SMILES string of the molecule is CCCCCCCCCC.CCCCCCCCCC.CCCCCCCCCC.CCCCCCCCCC.CCCCCCCCCC.CCCCCCCCCC.CCCCCCCCCC.CCCCCCCCCC.CCCCCCCCCCCCCCCCS. The van der Waals surface area contributed by atoms with Crippen molar-refractivity contribution in [2.75, 3.05) is 5.75 Å². The molecular formula is C96H210S. The zero-order chi connectivity index (χ0) is 73.9. The summed E-state index contributed by atoms with van der Waals surface area (Å²) in [7, 11) is 0. The van der Waals surface area contributed by atoms with Gasteiger partial charge in [0.25, 0.3) is 0 Å². The molecule has 0 aromatic heterocycles. The topological polar surface area (TPSA) is 0 Å². The van der Waals surface area contributed by atoms with Crippen molar-refractivity contribution in [3.05, 3.63) is 0 Å². The maximum atomic E-state index is 4.23. The van der Waals surface area contributed by atoms with Crippen LogP contribution in [-0.2, 0) is 0 Å². The lowest BCUT2D eigenvalue weighted by atomic mass is 10.0. The normalized spacial score (nSPS) is 10.3. The average molecular weight is 1400 g/mol. The van der Waals surface area contributed by atoms with Crippen LogP contribution in [0.5, 0.6) is 0 Å². The molecule has 0 bridgehead atoms. The van der Waals surface area contributed by atoms with Gasteiger partial charge in [-0.1, -0.05) is 612 Å². The fourth-order valence-electron chi connectivity index (χ4n) is 12.0. The minimum absolute atomic E-state index is 1.07. The highest BCUT2D eigenvalue weighted by molar-refractivity contribution is 7.80. The van der Waals surface area contributed by atoms with Crippen LogP contribution in [0.25, 0.3) is 0 Å². The van der Waals surface area contributed by atoms with Gasteiger partial charge in [0.05, 0.1) is 0 Å². The fraction of sp³-hybridized carbons (Fsp3) is 1.00. The van der Waals surface area contributed by atoms with Gasteiger partial charge in [0, 0.05) is 0 Å². The largest absolute Gasteiger partial charge is 0.179 e. The van der Waals surface area contributed by atoms with Crippen molar-refractivity contribution in [2.45, 2.75) is 619 Å². The average Bonchev–Trinajstić information content (AvgIpc) is 3.62. The van der Waals surface area contributed by atoms with Crippen molar-refractivity contribution in [3.63, 3.8) is 0 Å². The molecule has 0 spiro atoms. The van der Waals surface area contributed by atoms with E-state index in [1.165, 1.54) is 501 Å². The summed E-state index contributed by atoms with van der Waals surface area (Å²) in [6.07, 6.45) is 112. The summed E-state index contributed by atoms with van der Waals surface area (Å²) in [5.74, 6) is 1.07. The van der Waals surface area contributed by atoms with Crippen LogP contribution in [0, 0.1) is 0 Å². The van der Waals surface area contributed by atoms with Crippen molar-refractivity contribution < 1.29 is 0 Å². The second-order valence-corrected chi connectivity index (χ2v) is 30.7. The monoisotopic (exact) mass is 1400 g/mol. The molecule has 0 rings (SSSR count). The number of thiol groups is 1. The van der Waals surface area contributed by atoms with E-state index in [4.69, 9.17) is 0 Å². The van der Waals surface area contributed by atoms with E-state index in [2.05, 4.69) is 130 Å². The first-order valence-electron chi connectivity index (χ1n) is 47.3. The molecule has 0 aromatic rings. The number of rotatable bonds is 70. The zero-order valence-electron chi connectivity index (χ0n) is 73.3. The van der Waals surface area contributed by atoms with Crippen LogP contribution in [0.2, 0.25) is 0 Å². The summed E-state index contributed by atoms with van der Waals surface area (Å²) >= 11 is 4.23. The van der Waals surface area contributed by atoms with Gasteiger partial charge in [-0.05, 0) is 12.2 Å². The Morgan fingerprint density at radius 2 is 0.134 bits per heavy atom. The van der Waals surface area contributed by atoms with Crippen molar-refractivity contribution in [1.29, 1.82) is 0 Å². The predicted octanol–water partition coefficient (Wildman–Crippen LogP) is 39.6. The third-order valence-electron chi connectivity index (χ3n) is 19.2. The lowest BCUT2D eigenvalue weighted by molar-refractivity contribution is 0.538. The molecule has 1 heteroatoms. The second-order valence-electron chi connectivity index (χ2n) is 30.3. The van der Waals surface area contributed by atoms with Crippen molar-refractivity contribution >= 4 is 12.6 Å². The lowest BCUT2D eigenvalue weighted by Gasteiger charge is -2.02. The molecule has 0 atom stereocenters. The Morgan fingerprint density at radius 1 is 0.0825 bits per heavy atom. The van der Waals surface area contributed by atoms with Gasteiger partial charge in [0.2, 0.25) is 0 Å². The Bertz CT molecular complexity index is 734. The summed E-state index contributed by atoms with van der Waals surface area (Å²) in [5.41, 5.74) is 0. The zero-order valence-corrected chi connectivity index (χ0v) is 74.2. The highest BCUT2D eigenvalue weighted by Gasteiger charge is 1.96. The van der Waals surface area contributed by atoms with Crippen LogP contribution in [0.15, 0.2) is 0 Å². The summed E-state index contributed by atoms with van der Waals surface area (Å²) in [6, 6.07) is 0. The standard InChI is InChI=1S/C16H34S.8C10H22/c1-2-3-4-5-6-7-8-9-10-11-12-13-14-15-16-17;8*1-3-5-7-9-10-8-6-4-2/h17H,2-16H2,1H3;8*3-10H2,1-2H3. The maximum absolute atomic E-state index is 4.23. The molecule has 600 valence electrons. The first-order chi connectivity index (χ1) is 47.7. The molecule has 0 aliphatic rings. The van der Waals surface area contributed by atoms with E-state index in [0.717, 1.165) is 5.75 Å². The van der Waals surface area contributed by atoms with Gasteiger partial charge in [0.15, 0.2) is 0 Å². The van der Waals surface area contributed by atoms with E-state index in [0.29, 0.717) is 0 Å². The van der Waals surface area contributed by atoms with E-state index in [1.54, 1.807) is 0 Å². The molecule has 0 nitrogen and oxygen atoms in total. The summed E-state index contributed by atoms with van der Waals surface area (Å²) < 4.78 is 0. The summed E-state index contributed by atoms with van der Waals surface area (Å²) in [4.78, 5) is 0. The van der Waals surface area contributed by atoms with E-state index in [9.17, 15) is 0 Å². The van der Waals surface area contributed by atoms with Crippen molar-refractivity contribution in [1.82, 2.24) is 0 Å². The molecule has 0 N–H and O–H groups in total. The molecule has 0 radical (unpaired) electrons. The smallest absolute Gasteiger partial charge is 0.00979 e. The molecule has 97 heavy (non-hydrogen) atoms. The van der Waals surface area contributed by atoms with Gasteiger partial charge in [-0.25, -0.2) is 0 Å². The summed E-state index contributed by atoms with van der Waals surface area (Å²) in [6.45, 7) is 38.6. The highest BCUT2D eigenvalue weighted by Crippen LogP contribution is 2.16. The molecular weight excluding hydrogens is 1190 g/mol. The molecule has 0 amide bonds. The molecule has 0 aromatic carbocycles. The molecule has 0 saturated carbocycles. The molecule has 0 unspecified atom stereocenters. The molecule has 0 fully saturated rings. The Balaban J connectivity index is -0.000000129. The fourth-order valence-corrected chi connectivity index (χ4v) is 12.2. The first-order valence-corrected chi connectivity index (χ1v) is 48.0. The van der Waals surface area contributed by atoms with Gasteiger partial charge in [-0.15, -0.1) is 0 Å². The van der Waals surface area contributed by atoms with Crippen LogP contribution >= 0.6 is 12.6 Å². The molecule has 0 aliphatic heterocycles. The Morgan fingerprint density at radius 3 is 0.186 bits per heavy atom. The Hall–Kier alpha value is 0.350. The van der Waals surface area contributed by atoms with E-state index >= 15 is 0 Å². The highest BCUT2D eigenvalue weighted by atomic mass is 32.1.